The number of aryl methyl sites for hydroxylation is 1. The quantitative estimate of drug-likeness (QED) is 0.860. The average Bonchev–Trinajstić information content (AvgIpc) is 2.68. The normalized spacial score (nSPS) is 11.5. The second-order valence-electron chi connectivity index (χ2n) is 4.38. The predicted octanol–water partition coefficient (Wildman–Crippen LogP) is 2.39. The van der Waals surface area contributed by atoms with Crippen LogP contribution in [-0.4, -0.2) is 25.0 Å². The van der Waals surface area contributed by atoms with Gasteiger partial charge >= 0.3 is 0 Å². The van der Waals surface area contributed by atoms with Crippen LogP contribution in [-0.2, 0) is 13.0 Å². The third kappa shape index (κ3) is 2.51. The van der Waals surface area contributed by atoms with Gasteiger partial charge in [-0.25, -0.2) is 0 Å². The van der Waals surface area contributed by atoms with Crippen LogP contribution in [0.5, 0.6) is 0 Å². The van der Waals surface area contributed by atoms with Crippen LogP contribution >= 0.6 is 0 Å². The molecule has 2 N–H and O–H groups in total. The monoisotopic (exact) mass is 232 g/mol. The molecule has 0 spiro atoms. The first-order valence-corrected chi connectivity index (χ1v) is 6.14. The molecule has 17 heavy (non-hydrogen) atoms. The molecule has 0 unspecified atom stereocenters. The largest absolute Gasteiger partial charge is 0.461 e. The first kappa shape index (κ1) is 12.1. The zero-order valence-corrected chi connectivity index (χ0v) is 10.6. The number of nitrogens with two attached hydrogens (primary N) is 1. The first-order valence-electron chi connectivity index (χ1n) is 6.14. The standard InChI is InChI=1S/C14H20N2O/c1-3-13-12(10-16(2)9-8-15)11-6-4-5-7-14(11)17-13/h4-7H,3,8-10,15H2,1-2H3. The van der Waals surface area contributed by atoms with Gasteiger partial charge in [0.05, 0.1) is 0 Å². The average molecular weight is 232 g/mol. The molecule has 1 aromatic carbocycles. The van der Waals surface area contributed by atoms with Crippen LogP contribution in [0.1, 0.15) is 18.2 Å². The molecule has 2 aromatic rings. The van der Waals surface area contributed by atoms with Gasteiger partial charge in [0, 0.05) is 37.0 Å². The number of rotatable bonds is 5. The molecule has 2 rings (SSSR count). The summed E-state index contributed by atoms with van der Waals surface area (Å²) in [4.78, 5) is 2.23. The van der Waals surface area contributed by atoms with Crippen LogP contribution in [0, 0.1) is 0 Å². The van der Waals surface area contributed by atoms with Crippen molar-refractivity contribution in [3.8, 4) is 0 Å². The molecule has 0 bridgehead atoms. The van der Waals surface area contributed by atoms with Crippen LogP contribution < -0.4 is 5.73 Å². The highest BCUT2D eigenvalue weighted by atomic mass is 16.3. The van der Waals surface area contributed by atoms with Crippen LogP contribution in [0.2, 0.25) is 0 Å². The van der Waals surface area contributed by atoms with Gasteiger partial charge in [-0.15, -0.1) is 0 Å². The minimum atomic E-state index is 0.688. The summed E-state index contributed by atoms with van der Waals surface area (Å²) in [6.45, 7) is 4.62. The second-order valence-corrected chi connectivity index (χ2v) is 4.38. The lowest BCUT2D eigenvalue weighted by molar-refractivity contribution is 0.333. The molecule has 0 aliphatic carbocycles. The molecule has 0 atom stereocenters. The number of furan rings is 1. The van der Waals surface area contributed by atoms with Crippen LogP contribution in [0.4, 0.5) is 0 Å². The summed E-state index contributed by atoms with van der Waals surface area (Å²) in [5, 5.41) is 1.23. The van der Waals surface area contributed by atoms with Gasteiger partial charge in [0.1, 0.15) is 11.3 Å². The smallest absolute Gasteiger partial charge is 0.134 e. The Morgan fingerprint density at radius 3 is 2.76 bits per heavy atom. The van der Waals surface area contributed by atoms with E-state index in [4.69, 9.17) is 10.2 Å². The Labute approximate surface area is 102 Å². The molecule has 0 fully saturated rings. The van der Waals surface area contributed by atoms with Gasteiger partial charge < -0.3 is 15.1 Å². The van der Waals surface area contributed by atoms with Crippen molar-refractivity contribution < 1.29 is 4.42 Å². The highest BCUT2D eigenvalue weighted by Gasteiger charge is 2.13. The molecular weight excluding hydrogens is 212 g/mol. The van der Waals surface area contributed by atoms with Crippen molar-refractivity contribution in [3.63, 3.8) is 0 Å². The third-order valence-electron chi connectivity index (χ3n) is 3.04. The van der Waals surface area contributed by atoms with Crippen molar-refractivity contribution in [2.24, 2.45) is 5.73 Å². The fraction of sp³-hybridized carbons (Fsp3) is 0.429. The molecule has 0 saturated carbocycles. The van der Waals surface area contributed by atoms with E-state index in [-0.39, 0.29) is 0 Å². The molecule has 0 radical (unpaired) electrons. The van der Waals surface area contributed by atoms with Crippen LogP contribution in [0.25, 0.3) is 11.0 Å². The molecule has 0 aliphatic rings. The molecule has 0 amide bonds. The summed E-state index contributed by atoms with van der Waals surface area (Å²) < 4.78 is 5.87. The number of likely N-dealkylation sites (N-methyl/N-ethyl adjacent to an activating group) is 1. The van der Waals surface area contributed by atoms with Gasteiger partial charge in [-0.05, 0) is 13.1 Å². The lowest BCUT2D eigenvalue weighted by atomic mass is 10.1. The lowest BCUT2D eigenvalue weighted by Gasteiger charge is -2.15. The van der Waals surface area contributed by atoms with E-state index in [9.17, 15) is 0 Å². The van der Waals surface area contributed by atoms with Crippen molar-refractivity contribution in [1.82, 2.24) is 4.90 Å². The maximum absolute atomic E-state index is 5.87. The third-order valence-corrected chi connectivity index (χ3v) is 3.04. The van der Waals surface area contributed by atoms with Gasteiger partial charge in [-0.3, -0.25) is 0 Å². The zero-order chi connectivity index (χ0) is 12.3. The maximum atomic E-state index is 5.87. The lowest BCUT2D eigenvalue weighted by Crippen LogP contribution is -2.25. The second kappa shape index (κ2) is 5.34. The Bertz CT molecular complexity index is 490. The fourth-order valence-corrected chi connectivity index (χ4v) is 2.18. The minimum Gasteiger partial charge on any atom is -0.461 e. The van der Waals surface area contributed by atoms with Gasteiger partial charge in [-0.1, -0.05) is 25.1 Å². The van der Waals surface area contributed by atoms with Crippen molar-refractivity contribution in [1.29, 1.82) is 0 Å². The van der Waals surface area contributed by atoms with E-state index in [1.165, 1.54) is 10.9 Å². The van der Waals surface area contributed by atoms with E-state index < -0.39 is 0 Å². The summed E-state index contributed by atoms with van der Waals surface area (Å²) >= 11 is 0. The molecule has 92 valence electrons. The number of hydrogen-bond donors (Lipinski definition) is 1. The number of hydrogen-bond acceptors (Lipinski definition) is 3. The van der Waals surface area contributed by atoms with E-state index in [2.05, 4.69) is 31.0 Å². The summed E-state index contributed by atoms with van der Waals surface area (Å²) in [7, 11) is 2.09. The molecule has 3 heteroatoms. The number of benzene rings is 1. The Hall–Kier alpha value is -1.32. The number of para-hydroxylation sites is 1. The Kier molecular flexibility index (Phi) is 3.82. The molecule has 3 nitrogen and oxygen atoms in total. The maximum Gasteiger partial charge on any atom is 0.134 e. The number of nitrogens with zero attached hydrogens (tertiary/aromatic N) is 1. The first-order chi connectivity index (χ1) is 8.26. The Balaban J connectivity index is 2.36. The molecule has 1 aromatic heterocycles. The van der Waals surface area contributed by atoms with E-state index in [1.54, 1.807) is 0 Å². The summed E-state index contributed by atoms with van der Waals surface area (Å²) in [5.74, 6) is 1.09. The molecule has 1 heterocycles. The summed E-state index contributed by atoms with van der Waals surface area (Å²) in [5.41, 5.74) is 7.87. The van der Waals surface area contributed by atoms with Gasteiger partial charge in [0.25, 0.3) is 0 Å². The van der Waals surface area contributed by atoms with Crippen LogP contribution in [0.15, 0.2) is 28.7 Å². The van der Waals surface area contributed by atoms with Crippen LogP contribution in [0.3, 0.4) is 0 Å². The highest BCUT2D eigenvalue weighted by Crippen LogP contribution is 2.27. The molecular formula is C14H20N2O. The molecule has 0 saturated heterocycles. The van der Waals surface area contributed by atoms with Gasteiger partial charge in [0.15, 0.2) is 0 Å². The zero-order valence-electron chi connectivity index (χ0n) is 10.6. The fourth-order valence-electron chi connectivity index (χ4n) is 2.18. The summed E-state index contributed by atoms with van der Waals surface area (Å²) in [6.07, 6.45) is 0.931. The Morgan fingerprint density at radius 2 is 2.06 bits per heavy atom. The minimum absolute atomic E-state index is 0.688. The van der Waals surface area contributed by atoms with Crippen molar-refractivity contribution in [2.75, 3.05) is 20.1 Å². The van der Waals surface area contributed by atoms with Gasteiger partial charge in [-0.2, -0.15) is 0 Å². The van der Waals surface area contributed by atoms with Gasteiger partial charge in [0.2, 0.25) is 0 Å². The Morgan fingerprint density at radius 1 is 1.29 bits per heavy atom. The van der Waals surface area contributed by atoms with E-state index in [0.29, 0.717) is 6.54 Å². The highest BCUT2D eigenvalue weighted by molar-refractivity contribution is 5.82. The van der Waals surface area contributed by atoms with E-state index in [1.807, 2.05) is 12.1 Å². The molecule has 0 aliphatic heterocycles. The number of fused-ring (bicyclic) bond motifs is 1. The van der Waals surface area contributed by atoms with E-state index >= 15 is 0 Å². The van der Waals surface area contributed by atoms with E-state index in [0.717, 1.165) is 30.9 Å². The predicted molar refractivity (Wildman–Crippen MR) is 71.0 cm³/mol. The van der Waals surface area contributed by atoms with Crippen molar-refractivity contribution >= 4 is 11.0 Å². The SMILES string of the molecule is CCc1oc2ccccc2c1CN(C)CCN. The van der Waals surface area contributed by atoms with Crippen molar-refractivity contribution in [3.05, 3.63) is 35.6 Å². The topological polar surface area (TPSA) is 42.4 Å². The summed E-state index contributed by atoms with van der Waals surface area (Å²) in [6, 6.07) is 8.23. The van der Waals surface area contributed by atoms with Crippen molar-refractivity contribution in [2.45, 2.75) is 19.9 Å².